The molecule has 1 N–H and O–H groups in total. The largest absolute Gasteiger partial charge is 0.497 e. The standard InChI is InChI=1S/C15H19NO4/c1-5-16-15(17)14-13(19-9(2)3)11-8-10(18-4)6-7-12(11)20-14/h6-9H,5H2,1-4H3,(H,16,17). The Balaban J connectivity index is 2.57. The molecule has 0 saturated heterocycles. The van der Waals surface area contributed by atoms with Crippen LogP contribution in [-0.4, -0.2) is 25.7 Å². The number of hydrogen-bond acceptors (Lipinski definition) is 4. The van der Waals surface area contributed by atoms with Gasteiger partial charge in [-0.05, 0) is 39.0 Å². The fourth-order valence-corrected chi connectivity index (χ4v) is 1.92. The average Bonchev–Trinajstić information content (AvgIpc) is 2.76. The molecule has 1 heterocycles. The van der Waals surface area contributed by atoms with Crippen molar-refractivity contribution >= 4 is 16.9 Å². The van der Waals surface area contributed by atoms with Crippen LogP contribution in [0, 0.1) is 0 Å². The summed E-state index contributed by atoms with van der Waals surface area (Å²) in [6.45, 7) is 6.19. The van der Waals surface area contributed by atoms with E-state index in [1.807, 2.05) is 20.8 Å². The molecule has 2 aromatic rings. The Morgan fingerprint density at radius 2 is 2.15 bits per heavy atom. The Hall–Kier alpha value is -2.17. The van der Waals surface area contributed by atoms with Crippen molar-refractivity contribution in [3.63, 3.8) is 0 Å². The summed E-state index contributed by atoms with van der Waals surface area (Å²) in [6.07, 6.45) is -0.0600. The van der Waals surface area contributed by atoms with E-state index in [1.54, 1.807) is 25.3 Å². The highest BCUT2D eigenvalue weighted by molar-refractivity contribution is 6.01. The molecule has 0 aliphatic rings. The Labute approximate surface area is 117 Å². The molecule has 2 rings (SSSR count). The van der Waals surface area contributed by atoms with Gasteiger partial charge in [0.05, 0.1) is 18.6 Å². The number of benzene rings is 1. The van der Waals surface area contributed by atoms with Gasteiger partial charge in [0.1, 0.15) is 11.3 Å². The van der Waals surface area contributed by atoms with E-state index < -0.39 is 0 Å². The van der Waals surface area contributed by atoms with Crippen molar-refractivity contribution in [2.75, 3.05) is 13.7 Å². The zero-order valence-corrected chi connectivity index (χ0v) is 12.1. The lowest BCUT2D eigenvalue weighted by molar-refractivity contribution is 0.0922. The third-order valence-electron chi connectivity index (χ3n) is 2.75. The minimum absolute atomic E-state index is 0.0600. The van der Waals surface area contributed by atoms with Crippen LogP contribution >= 0.6 is 0 Å². The maximum absolute atomic E-state index is 12.1. The molecule has 1 aromatic heterocycles. The number of carbonyl (C=O) groups excluding carboxylic acids is 1. The topological polar surface area (TPSA) is 60.7 Å². The number of hydrogen-bond donors (Lipinski definition) is 1. The Bertz CT molecular complexity index is 616. The molecular weight excluding hydrogens is 258 g/mol. The van der Waals surface area contributed by atoms with E-state index in [-0.39, 0.29) is 17.8 Å². The van der Waals surface area contributed by atoms with Crippen LogP contribution in [0.1, 0.15) is 31.3 Å². The lowest BCUT2D eigenvalue weighted by Crippen LogP contribution is -2.23. The lowest BCUT2D eigenvalue weighted by atomic mass is 10.2. The predicted octanol–water partition coefficient (Wildman–Crippen LogP) is 2.98. The zero-order valence-electron chi connectivity index (χ0n) is 12.1. The van der Waals surface area contributed by atoms with E-state index in [0.717, 1.165) is 5.39 Å². The second kappa shape index (κ2) is 5.86. The van der Waals surface area contributed by atoms with Crippen molar-refractivity contribution in [2.24, 2.45) is 0 Å². The molecular formula is C15H19NO4. The van der Waals surface area contributed by atoms with Crippen molar-refractivity contribution in [2.45, 2.75) is 26.9 Å². The van der Waals surface area contributed by atoms with Crippen LogP contribution in [0.2, 0.25) is 0 Å². The molecule has 0 bridgehead atoms. The van der Waals surface area contributed by atoms with Gasteiger partial charge in [-0.2, -0.15) is 0 Å². The van der Waals surface area contributed by atoms with Gasteiger partial charge in [-0.1, -0.05) is 0 Å². The third kappa shape index (κ3) is 2.71. The molecule has 5 heteroatoms. The molecule has 0 unspecified atom stereocenters. The first-order chi connectivity index (χ1) is 9.56. The predicted molar refractivity (Wildman–Crippen MR) is 76.5 cm³/mol. The van der Waals surface area contributed by atoms with E-state index >= 15 is 0 Å². The van der Waals surface area contributed by atoms with Crippen LogP contribution in [-0.2, 0) is 0 Å². The van der Waals surface area contributed by atoms with Crippen LogP contribution in [0.3, 0.4) is 0 Å². The Kier molecular flexibility index (Phi) is 4.17. The van der Waals surface area contributed by atoms with Crippen LogP contribution in [0.5, 0.6) is 11.5 Å². The van der Waals surface area contributed by atoms with E-state index in [1.165, 1.54) is 0 Å². The molecule has 0 saturated carbocycles. The fraction of sp³-hybridized carbons (Fsp3) is 0.400. The van der Waals surface area contributed by atoms with Crippen molar-refractivity contribution in [1.82, 2.24) is 5.32 Å². The zero-order chi connectivity index (χ0) is 14.7. The summed E-state index contributed by atoms with van der Waals surface area (Å²) in [4.78, 5) is 12.1. The molecule has 0 fully saturated rings. The monoisotopic (exact) mass is 277 g/mol. The summed E-state index contributed by atoms with van der Waals surface area (Å²) in [6, 6.07) is 5.36. The lowest BCUT2D eigenvalue weighted by Gasteiger charge is -2.10. The summed E-state index contributed by atoms with van der Waals surface area (Å²) in [5.74, 6) is 1.07. The molecule has 0 radical (unpaired) electrons. The van der Waals surface area contributed by atoms with Gasteiger partial charge < -0.3 is 19.2 Å². The summed E-state index contributed by atoms with van der Waals surface area (Å²) >= 11 is 0. The minimum atomic E-state index is -0.279. The number of ether oxygens (including phenoxy) is 2. The SMILES string of the molecule is CCNC(=O)c1oc2ccc(OC)cc2c1OC(C)C. The second-order valence-corrected chi connectivity index (χ2v) is 4.65. The maximum Gasteiger partial charge on any atom is 0.290 e. The maximum atomic E-state index is 12.1. The summed E-state index contributed by atoms with van der Waals surface area (Å²) < 4.78 is 16.6. The van der Waals surface area contributed by atoms with E-state index in [2.05, 4.69) is 5.32 Å². The number of nitrogens with one attached hydrogen (secondary N) is 1. The third-order valence-corrected chi connectivity index (χ3v) is 2.75. The number of rotatable bonds is 5. The van der Waals surface area contributed by atoms with Crippen LogP contribution in [0.25, 0.3) is 11.0 Å². The molecule has 1 amide bonds. The highest BCUT2D eigenvalue weighted by Crippen LogP contribution is 2.36. The number of carbonyl (C=O) groups is 1. The molecule has 0 aliphatic heterocycles. The highest BCUT2D eigenvalue weighted by Gasteiger charge is 2.22. The van der Waals surface area contributed by atoms with E-state index in [9.17, 15) is 4.79 Å². The van der Waals surface area contributed by atoms with Gasteiger partial charge in [0.2, 0.25) is 5.76 Å². The van der Waals surface area contributed by atoms with E-state index in [4.69, 9.17) is 13.9 Å². The van der Waals surface area contributed by atoms with Gasteiger partial charge in [-0.3, -0.25) is 4.79 Å². The molecule has 0 spiro atoms. The fourth-order valence-electron chi connectivity index (χ4n) is 1.92. The molecule has 0 atom stereocenters. The number of amides is 1. The van der Waals surface area contributed by atoms with Gasteiger partial charge >= 0.3 is 0 Å². The molecule has 20 heavy (non-hydrogen) atoms. The average molecular weight is 277 g/mol. The normalized spacial score (nSPS) is 10.8. The Morgan fingerprint density at radius 3 is 2.75 bits per heavy atom. The van der Waals surface area contributed by atoms with Gasteiger partial charge in [0, 0.05) is 6.54 Å². The van der Waals surface area contributed by atoms with Crippen molar-refractivity contribution in [1.29, 1.82) is 0 Å². The van der Waals surface area contributed by atoms with Crippen LogP contribution < -0.4 is 14.8 Å². The molecule has 1 aromatic carbocycles. The quantitative estimate of drug-likeness (QED) is 0.912. The molecule has 0 aliphatic carbocycles. The van der Waals surface area contributed by atoms with Gasteiger partial charge in [-0.15, -0.1) is 0 Å². The first-order valence-electron chi connectivity index (χ1n) is 6.62. The highest BCUT2D eigenvalue weighted by atomic mass is 16.5. The minimum Gasteiger partial charge on any atom is -0.497 e. The van der Waals surface area contributed by atoms with Gasteiger partial charge in [-0.25, -0.2) is 0 Å². The van der Waals surface area contributed by atoms with Crippen molar-refractivity contribution in [3.8, 4) is 11.5 Å². The molecule has 108 valence electrons. The van der Waals surface area contributed by atoms with Crippen molar-refractivity contribution < 1.29 is 18.7 Å². The summed E-state index contributed by atoms with van der Waals surface area (Å²) in [5, 5.41) is 3.46. The smallest absolute Gasteiger partial charge is 0.290 e. The summed E-state index contributed by atoms with van der Waals surface area (Å²) in [7, 11) is 1.59. The van der Waals surface area contributed by atoms with Gasteiger partial charge in [0.15, 0.2) is 5.75 Å². The first kappa shape index (κ1) is 14.2. The van der Waals surface area contributed by atoms with Gasteiger partial charge in [0.25, 0.3) is 5.91 Å². The second-order valence-electron chi connectivity index (χ2n) is 4.65. The van der Waals surface area contributed by atoms with Crippen LogP contribution in [0.15, 0.2) is 22.6 Å². The van der Waals surface area contributed by atoms with Crippen molar-refractivity contribution in [3.05, 3.63) is 24.0 Å². The van der Waals surface area contributed by atoms with E-state index in [0.29, 0.717) is 23.6 Å². The first-order valence-corrected chi connectivity index (χ1v) is 6.62. The van der Waals surface area contributed by atoms with Crippen LogP contribution in [0.4, 0.5) is 0 Å². The molecule has 5 nitrogen and oxygen atoms in total. The number of methoxy groups -OCH3 is 1. The Morgan fingerprint density at radius 1 is 1.40 bits per heavy atom. The summed E-state index contributed by atoms with van der Waals surface area (Å²) in [5.41, 5.74) is 0.600. The number of furan rings is 1. The number of fused-ring (bicyclic) bond motifs is 1.